The fourth-order valence-electron chi connectivity index (χ4n) is 3.71. The second kappa shape index (κ2) is 8.91. The van der Waals surface area contributed by atoms with Crippen LogP contribution in [-0.4, -0.2) is 43.1 Å². The van der Waals surface area contributed by atoms with Gasteiger partial charge < -0.3 is 14.4 Å². The maximum absolute atomic E-state index is 13.1. The van der Waals surface area contributed by atoms with E-state index in [0.717, 1.165) is 16.9 Å². The van der Waals surface area contributed by atoms with Crippen LogP contribution in [-0.2, 0) is 19.7 Å². The standard InChI is InChI=1S/C23H27NO4/c1-18-8-6-7-11-21(18)27-16-17-28-22(26)23(20-9-4-3-5-10-20)12-14-24(15-13-23)19(2)25/h3-11H,12-17H2,1-2H3. The molecule has 0 unspecified atom stereocenters. The molecule has 1 aliphatic rings. The van der Waals surface area contributed by atoms with Crippen molar-refractivity contribution in [2.45, 2.75) is 32.1 Å². The van der Waals surface area contributed by atoms with Crippen molar-refractivity contribution in [3.05, 3.63) is 65.7 Å². The van der Waals surface area contributed by atoms with Crippen molar-refractivity contribution in [1.29, 1.82) is 0 Å². The SMILES string of the molecule is CC(=O)N1CCC(C(=O)OCCOc2ccccc2C)(c2ccccc2)CC1. The Morgan fingerprint density at radius 3 is 2.25 bits per heavy atom. The minimum atomic E-state index is -0.712. The number of carbonyl (C=O) groups is 2. The molecule has 0 aliphatic carbocycles. The lowest BCUT2D eigenvalue weighted by Gasteiger charge is -2.40. The molecule has 1 saturated heterocycles. The zero-order chi connectivity index (χ0) is 20.0. The molecule has 0 N–H and O–H groups in total. The zero-order valence-electron chi connectivity index (χ0n) is 16.5. The highest BCUT2D eigenvalue weighted by atomic mass is 16.6. The third kappa shape index (κ3) is 4.35. The number of piperidine rings is 1. The lowest BCUT2D eigenvalue weighted by Crippen LogP contribution is -2.49. The Kier molecular flexibility index (Phi) is 6.34. The quantitative estimate of drug-likeness (QED) is 0.568. The van der Waals surface area contributed by atoms with E-state index in [9.17, 15) is 9.59 Å². The Hall–Kier alpha value is -2.82. The van der Waals surface area contributed by atoms with Gasteiger partial charge in [-0.3, -0.25) is 9.59 Å². The van der Waals surface area contributed by atoms with Crippen LogP contribution in [0.1, 0.15) is 30.9 Å². The van der Waals surface area contributed by atoms with Gasteiger partial charge in [0.25, 0.3) is 0 Å². The number of likely N-dealkylation sites (tertiary alicyclic amines) is 1. The van der Waals surface area contributed by atoms with Gasteiger partial charge in [0.2, 0.25) is 5.91 Å². The van der Waals surface area contributed by atoms with Gasteiger partial charge in [0.05, 0.1) is 5.41 Å². The van der Waals surface area contributed by atoms with Gasteiger partial charge in [-0.15, -0.1) is 0 Å². The van der Waals surface area contributed by atoms with Crippen LogP contribution in [0.15, 0.2) is 54.6 Å². The van der Waals surface area contributed by atoms with Crippen LogP contribution in [0.3, 0.4) is 0 Å². The van der Waals surface area contributed by atoms with Crippen molar-refractivity contribution in [2.75, 3.05) is 26.3 Å². The van der Waals surface area contributed by atoms with Gasteiger partial charge in [-0.2, -0.15) is 0 Å². The predicted molar refractivity (Wildman–Crippen MR) is 107 cm³/mol. The molecule has 148 valence electrons. The largest absolute Gasteiger partial charge is 0.490 e. The van der Waals surface area contributed by atoms with Gasteiger partial charge in [0.1, 0.15) is 19.0 Å². The number of hydrogen-bond acceptors (Lipinski definition) is 4. The number of aryl methyl sites for hydroxylation is 1. The Morgan fingerprint density at radius 2 is 1.61 bits per heavy atom. The molecular weight excluding hydrogens is 354 g/mol. The average Bonchev–Trinajstić information content (AvgIpc) is 2.73. The maximum Gasteiger partial charge on any atom is 0.316 e. The highest BCUT2D eigenvalue weighted by Gasteiger charge is 2.44. The molecule has 28 heavy (non-hydrogen) atoms. The summed E-state index contributed by atoms with van der Waals surface area (Å²) >= 11 is 0. The van der Waals surface area contributed by atoms with Crippen LogP contribution in [0.2, 0.25) is 0 Å². The number of rotatable bonds is 6. The highest BCUT2D eigenvalue weighted by molar-refractivity contribution is 5.84. The first-order valence-corrected chi connectivity index (χ1v) is 9.70. The average molecular weight is 381 g/mol. The molecule has 3 rings (SSSR count). The topological polar surface area (TPSA) is 55.8 Å². The molecule has 0 bridgehead atoms. The Labute approximate surface area is 166 Å². The van der Waals surface area contributed by atoms with Crippen LogP contribution >= 0.6 is 0 Å². The van der Waals surface area contributed by atoms with Crippen LogP contribution in [0.4, 0.5) is 0 Å². The van der Waals surface area contributed by atoms with Gasteiger partial charge >= 0.3 is 5.97 Å². The van der Waals surface area contributed by atoms with Gasteiger partial charge in [-0.1, -0.05) is 48.5 Å². The van der Waals surface area contributed by atoms with E-state index >= 15 is 0 Å². The lowest BCUT2D eigenvalue weighted by molar-refractivity contribution is -0.155. The van der Waals surface area contributed by atoms with Crippen molar-refractivity contribution >= 4 is 11.9 Å². The van der Waals surface area contributed by atoms with E-state index in [2.05, 4.69) is 0 Å². The third-order valence-electron chi connectivity index (χ3n) is 5.45. The second-order valence-corrected chi connectivity index (χ2v) is 7.20. The van der Waals surface area contributed by atoms with Crippen molar-refractivity contribution in [3.63, 3.8) is 0 Å². The molecule has 5 nitrogen and oxygen atoms in total. The van der Waals surface area contributed by atoms with Crippen LogP contribution in [0.5, 0.6) is 5.75 Å². The van der Waals surface area contributed by atoms with E-state index in [-0.39, 0.29) is 18.5 Å². The number of ether oxygens (including phenoxy) is 2. The summed E-state index contributed by atoms with van der Waals surface area (Å²) in [4.78, 5) is 26.6. The molecular formula is C23H27NO4. The molecule has 1 heterocycles. The first-order chi connectivity index (χ1) is 13.5. The van der Waals surface area contributed by atoms with E-state index in [1.165, 1.54) is 0 Å². The van der Waals surface area contributed by atoms with E-state index in [4.69, 9.17) is 9.47 Å². The molecule has 0 aromatic heterocycles. The number of carbonyl (C=O) groups excluding carboxylic acids is 2. The van der Waals surface area contributed by atoms with Gasteiger partial charge in [0.15, 0.2) is 0 Å². The summed E-state index contributed by atoms with van der Waals surface area (Å²) in [7, 11) is 0. The fraction of sp³-hybridized carbons (Fsp3) is 0.391. The summed E-state index contributed by atoms with van der Waals surface area (Å²) in [6, 6.07) is 17.5. The van der Waals surface area contributed by atoms with E-state index in [1.807, 2.05) is 61.5 Å². The molecule has 1 amide bonds. The molecule has 2 aromatic rings. The van der Waals surface area contributed by atoms with Gasteiger partial charge in [0, 0.05) is 20.0 Å². The molecule has 1 aliphatic heterocycles. The fourth-order valence-corrected chi connectivity index (χ4v) is 3.71. The second-order valence-electron chi connectivity index (χ2n) is 7.20. The summed E-state index contributed by atoms with van der Waals surface area (Å²) < 4.78 is 11.4. The van der Waals surface area contributed by atoms with Gasteiger partial charge in [-0.25, -0.2) is 0 Å². The summed E-state index contributed by atoms with van der Waals surface area (Å²) in [5.41, 5.74) is 1.28. The summed E-state index contributed by atoms with van der Waals surface area (Å²) in [6.45, 7) is 5.16. The van der Waals surface area contributed by atoms with Crippen molar-refractivity contribution in [2.24, 2.45) is 0 Å². The third-order valence-corrected chi connectivity index (χ3v) is 5.45. The first-order valence-electron chi connectivity index (χ1n) is 9.70. The molecule has 1 fully saturated rings. The van der Waals surface area contributed by atoms with E-state index in [0.29, 0.717) is 32.5 Å². The molecule has 0 atom stereocenters. The number of benzene rings is 2. The smallest absolute Gasteiger partial charge is 0.316 e. The lowest BCUT2D eigenvalue weighted by atomic mass is 9.72. The first kappa shape index (κ1) is 19.9. The number of esters is 1. The Morgan fingerprint density at radius 1 is 0.964 bits per heavy atom. The maximum atomic E-state index is 13.1. The van der Waals surface area contributed by atoms with Crippen molar-refractivity contribution < 1.29 is 19.1 Å². The molecule has 5 heteroatoms. The van der Waals surface area contributed by atoms with Crippen LogP contribution in [0.25, 0.3) is 0 Å². The van der Waals surface area contributed by atoms with E-state index in [1.54, 1.807) is 11.8 Å². The number of amides is 1. The molecule has 0 saturated carbocycles. The minimum Gasteiger partial charge on any atom is -0.490 e. The number of hydrogen-bond donors (Lipinski definition) is 0. The molecule has 0 radical (unpaired) electrons. The Bertz CT molecular complexity index is 810. The summed E-state index contributed by atoms with van der Waals surface area (Å²) in [6.07, 6.45) is 1.13. The summed E-state index contributed by atoms with van der Waals surface area (Å²) in [5.74, 6) is 0.600. The van der Waals surface area contributed by atoms with Crippen molar-refractivity contribution in [1.82, 2.24) is 4.90 Å². The minimum absolute atomic E-state index is 0.0432. The number of nitrogens with zero attached hydrogens (tertiary/aromatic N) is 1. The number of para-hydroxylation sites is 1. The van der Waals surface area contributed by atoms with E-state index < -0.39 is 5.41 Å². The van der Waals surface area contributed by atoms with Crippen LogP contribution < -0.4 is 4.74 Å². The molecule has 0 spiro atoms. The zero-order valence-corrected chi connectivity index (χ0v) is 16.5. The molecule has 2 aromatic carbocycles. The summed E-state index contributed by atoms with van der Waals surface area (Å²) in [5, 5.41) is 0. The monoisotopic (exact) mass is 381 g/mol. The highest BCUT2D eigenvalue weighted by Crippen LogP contribution is 2.37. The van der Waals surface area contributed by atoms with Crippen molar-refractivity contribution in [3.8, 4) is 5.75 Å². The van der Waals surface area contributed by atoms with Gasteiger partial charge in [-0.05, 0) is 37.0 Å². The van der Waals surface area contributed by atoms with Crippen LogP contribution in [0, 0.1) is 6.92 Å². The Balaban J connectivity index is 1.64. The predicted octanol–water partition coefficient (Wildman–Crippen LogP) is 3.50. The normalized spacial score (nSPS) is 15.7.